The number of esters is 1. The quantitative estimate of drug-likeness (QED) is 0.317. The number of hydrogen-bond donors (Lipinski definition) is 0. The van der Waals surface area contributed by atoms with Crippen LogP contribution in [-0.4, -0.2) is 48.8 Å². The van der Waals surface area contributed by atoms with E-state index in [1.807, 2.05) is 43.0 Å². The highest BCUT2D eigenvalue weighted by Gasteiger charge is 2.22. The van der Waals surface area contributed by atoms with Gasteiger partial charge in [0.15, 0.2) is 6.61 Å². The van der Waals surface area contributed by atoms with E-state index in [9.17, 15) is 9.59 Å². The van der Waals surface area contributed by atoms with Crippen molar-refractivity contribution in [2.45, 2.75) is 59.3 Å². The number of nitrogens with zero attached hydrogens (tertiary/aromatic N) is 2. The normalized spacial score (nSPS) is 22.0. The van der Waals surface area contributed by atoms with Gasteiger partial charge in [-0.1, -0.05) is 48.0 Å². The van der Waals surface area contributed by atoms with E-state index in [4.69, 9.17) is 21.2 Å². The molecule has 1 amide bonds. The van der Waals surface area contributed by atoms with Gasteiger partial charge in [0.25, 0.3) is 5.91 Å². The van der Waals surface area contributed by atoms with Crippen LogP contribution in [0.15, 0.2) is 35.5 Å². The van der Waals surface area contributed by atoms with Gasteiger partial charge >= 0.3 is 5.97 Å². The van der Waals surface area contributed by atoms with Crippen molar-refractivity contribution in [2.24, 2.45) is 11.1 Å². The number of allylic oxidation sites excluding steroid dienone is 3. The molecule has 3 rings (SSSR count). The van der Waals surface area contributed by atoms with Crippen LogP contribution < -0.4 is 0 Å². The van der Waals surface area contributed by atoms with Crippen LogP contribution >= 0.6 is 11.6 Å². The first-order valence-electron chi connectivity index (χ1n) is 12.1. The SMILES string of the molecule is Cc1cc(C)c2c(c1Cl)CC(=N/OCC(=O)N1CCCCC1)/C=C/CC(C)C=CCCOC2=O. The summed E-state index contributed by atoms with van der Waals surface area (Å²) in [6.45, 7) is 7.67. The van der Waals surface area contributed by atoms with Crippen LogP contribution in [0, 0.1) is 19.8 Å². The number of aryl methyl sites for hydroxylation is 2. The fourth-order valence-corrected chi connectivity index (χ4v) is 4.54. The van der Waals surface area contributed by atoms with Gasteiger partial charge in [-0.2, -0.15) is 0 Å². The predicted octanol–water partition coefficient (Wildman–Crippen LogP) is 5.58. The summed E-state index contributed by atoms with van der Waals surface area (Å²) in [5.74, 6) is -0.114. The van der Waals surface area contributed by atoms with Crippen LogP contribution in [0.5, 0.6) is 0 Å². The van der Waals surface area contributed by atoms with Gasteiger partial charge in [-0.15, -0.1) is 0 Å². The third-order valence-electron chi connectivity index (χ3n) is 6.18. The van der Waals surface area contributed by atoms with Gasteiger partial charge in [-0.05, 0) is 74.6 Å². The molecule has 1 atom stereocenters. The number of halogens is 1. The second kappa shape index (κ2) is 12.7. The number of rotatable bonds is 3. The first-order valence-corrected chi connectivity index (χ1v) is 12.5. The van der Waals surface area contributed by atoms with E-state index in [0.29, 0.717) is 47.2 Å². The molecule has 6 nitrogen and oxygen atoms in total. The third-order valence-corrected chi connectivity index (χ3v) is 6.71. The molecule has 34 heavy (non-hydrogen) atoms. The van der Waals surface area contributed by atoms with Gasteiger partial charge in [0.05, 0.1) is 17.9 Å². The van der Waals surface area contributed by atoms with Gasteiger partial charge in [0, 0.05) is 24.5 Å². The summed E-state index contributed by atoms with van der Waals surface area (Å²) in [6.07, 6.45) is 13.1. The number of piperidine rings is 1. The molecule has 0 N–H and O–H groups in total. The van der Waals surface area contributed by atoms with Crippen LogP contribution in [0.3, 0.4) is 0 Å². The maximum atomic E-state index is 13.0. The Kier molecular flexibility index (Phi) is 9.75. The number of likely N-dealkylation sites (tertiary alicyclic amines) is 1. The van der Waals surface area contributed by atoms with Crippen molar-refractivity contribution in [1.82, 2.24) is 4.90 Å². The average Bonchev–Trinajstić information content (AvgIpc) is 2.81. The molecule has 1 fully saturated rings. The number of benzene rings is 1. The number of hydrogen-bond acceptors (Lipinski definition) is 5. The standard InChI is InChI=1S/C27H35ClN2O4/c1-19-10-5-8-15-33-27(32)25-20(2)16-21(3)26(28)23(25)17-22(12-9-11-19)29-34-18-24(31)30-13-6-4-7-14-30/h5,9-10,12,16,19H,4,6-8,11,13-15,17-18H2,1-3H3/b10-5?,12-9+,29-22+. The van der Waals surface area contributed by atoms with E-state index >= 15 is 0 Å². The van der Waals surface area contributed by atoms with E-state index in [1.165, 1.54) is 0 Å². The molecule has 2 heterocycles. The average molecular weight is 487 g/mol. The molecule has 184 valence electrons. The zero-order valence-electron chi connectivity index (χ0n) is 20.4. The highest BCUT2D eigenvalue weighted by atomic mass is 35.5. The number of carbonyl (C=O) groups is 2. The van der Waals surface area contributed by atoms with Gasteiger partial charge in [-0.3, -0.25) is 4.79 Å². The Labute approximate surface area is 207 Å². The molecular formula is C27H35ClN2O4. The summed E-state index contributed by atoms with van der Waals surface area (Å²) < 4.78 is 5.55. The molecular weight excluding hydrogens is 452 g/mol. The van der Waals surface area contributed by atoms with E-state index in [-0.39, 0.29) is 12.5 Å². The van der Waals surface area contributed by atoms with Crippen molar-refractivity contribution in [3.8, 4) is 0 Å². The van der Waals surface area contributed by atoms with E-state index in [0.717, 1.165) is 49.9 Å². The minimum Gasteiger partial charge on any atom is -0.462 e. The highest BCUT2D eigenvalue weighted by Crippen LogP contribution is 2.29. The largest absolute Gasteiger partial charge is 0.462 e. The second-order valence-electron chi connectivity index (χ2n) is 9.12. The Morgan fingerprint density at radius 2 is 1.97 bits per heavy atom. The summed E-state index contributed by atoms with van der Waals surface area (Å²) in [7, 11) is 0. The second-order valence-corrected chi connectivity index (χ2v) is 9.50. The number of ether oxygens (including phenoxy) is 1. The minimum atomic E-state index is -0.391. The molecule has 0 aromatic heterocycles. The number of cyclic esters (lactones) is 1. The summed E-state index contributed by atoms with van der Waals surface area (Å²) in [6, 6.07) is 1.90. The van der Waals surface area contributed by atoms with Crippen molar-refractivity contribution in [2.75, 3.05) is 26.3 Å². The zero-order valence-corrected chi connectivity index (χ0v) is 21.2. The maximum Gasteiger partial charge on any atom is 0.338 e. The monoisotopic (exact) mass is 486 g/mol. The smallest absolute Gasteiger partial charge is 0.338 e. The number of amides is 1. The predicted molar refractivity (Wildman–Crippen MR) is 135 cm³/mol. The molecule has 0 bridgehead atoms. The molecule has 0 radical (unpaired) electrons. The molecule has 1 aromatic rings. The molecule has 1 unspecified atom stereocenters. The molecule has 1 aromatic carbocycles. The molecule has 2 aliphatic heterocycles. The van der Waals surface area contributed by atoms with Crippen LogP contribution in [0.1, 0.15) is 66.1 Å². The van der Waals surface area contributed by atoms with Crippen molar-refractivity contribution < 1.29 is 19.2 Å². The summed E-state index contributed by atoms with van der Waals surface area (Å²) in [5, 5.41) is 4.81. The van der Waals surface area contributed by atoms with Crippen LogP contribution in [0.25, 0.3) is 0 Å². The van der Waals surface area contributed by atoms with Crippen LogP contribution in [-0.2, 0) is 20.8 Å². The van der Waals surface area contributed by atoms with Gasteiger partial charge in [0.1, 0.15) is 0 Å². The van der Waals surface area contributed by atoms with Crippen LogP contribution in [0.2, 0.25) is 5.02 Å². The third kappa shape index (κ3) is 7.20. The lowest BCUT2D eigenvalue weighted by Gasteiger charge is -2.26. The minimum absolute atomic E-state index is 0.0543. The highest BCUT2D eigenvalue weighted by molar-refractivity contribution is 6.33. The lowest BCUT2D eigenvalue weighted by atomic mass is 9.94. The van der Waals surface area contributed by atoms with Gasteiger partial charge in [0.2, 0.25) is 0 Å². The topological polar surface area (TPSA) is 68.2 Å². The van der Waals surface area contributed by atoms with E-state index < -0.39 is 5.97 Å². The maximum absolute atomic E-state index is 13.0. The van der Waals surface area contributed by atoms with Crippen LogP contribution in [0.4, 0.5) is 0 Å². The number of oxime groups is 1. The lowest BCUT2D eigenvalue weighted by molar-refractivity contribution is -0.137. The van der Waals surface area contributed by atoms with Crippen molar-refractivity contribution in [3.05, 3.63) is 57.6 Å². The van der Waals surface area contributed by atoms with Crippen molar-refractivity contribution in [1.29, 1.82) is 0 Å². The molecule has 7 heteroatoms. The Hall–Kier alpha value is -2.60. The number of carbonyl (C=O) groups excluding carboxylic acids is 2. The molecule has 0 saturated carbocycles. The Morgan fingerprint density at radius 3 is 2.74 bits per heavy atom. The fraction of sp³-hybridized carbons (Fsp3) is 0.519. The van der Waals surface area contributed by atoms with E-state index in [1.54, 1.807) is 0 Å². The lowest BCUT2D eigenvalue weighted by Crippen LogP contribution is -2.37. The fourth-order valence-electron chi connectivity index (χ4n) is 4.32. The summed E-state index contributed by atoms with van der Waals surface area (Å²) in [5.41, 5.74) is 3.42. The van der Waals surface area contributed by atoms with Crippen molar-refractivity contribution >= 4 is 29.2 Å². The van der Waals surface area contributed by atoms with Gasteiger partial charge in [-0.25, -0.2) is 4.79 Å². The summed E-state index contributed by atoms with van der Waals surface area (Å²) in [4.78, 5) is 32.8. The van der Waals surface area contributed by atoms with Gasteiger partial charge < -0.3 is 14.5 Å². The van der Waals surface area contributed by atoms with Crippen molar-refractivity contribution in [3.63, 3.8) is 0 Å². The Bertz CT molecular complexity index is 977. The summed E-state index contributed by atoms with van der Waals surface area (Å²) >= 11 is 6.67. The molecule has 1 saturated heterocycles. The Morgan fingerprint density at radius 1 is 1.21 bits per heavy atom. The van der Waals surface area contributed by atoms with E-state index in [2.05, 4.69) is 18.2 Å². The molecule has 0 aliphatic carbocycles. The first kappa shape index (κ1) is 26.0. The zero-order chi connectivity index (χ0) is 24.5. The first-order chi connectivity index (χ1) is 16.4. The number of fused-ring (bicyclic) bond motifs is 1. The Balaban J connectivity index is 1.88. The molecule has 0 spiro atoms. The molecule has 2 aliphatic rings.